The van der Waals surface area contributed by atoms with Gasteiger partial charge in [-0.3, -0.25) is 0 Å². The van der Waals surface area contributed by atoms with Crippen molar-refractivity contribution in [3.63, 3.8) is 0 Å². The molecule has 0 saturated carbocycles. The lowest BCUT2D eigenvalue weighted by Crippen LogP contribution is -2.34. The van der Waals surface area contributed by atoms with Gasteiger partial charge in [-0.15, -0.1) is 0 Å². The van der Waals surface area contributed by atoms with Crippen molar-refractivity contribution in [2.24, 2.45) is 0 Å². The SMILES string of the molecule is CCC1(C)CC(O)=CC(=O)O1. The second-order valence-corrected chi connectivity index (χ2v) is 3.04. The Bertz CT molecular complexity index is 207. The number of hydrogen-bond donors (Lipinski definition) is 1. The average Bonchev–Trinajstić information content (AvgIpc) is 1.84. The third-order valence-corrected chi connectivity index (χ3v) is 1.93. The van der Waals surface area contributed by atoms with E-state index in [0.717, 1.165) is 12.5 Å². The maximum atomic E-state index is 10.8. The highest BCUT2D eigenvalue weighted by atomic mass is 16.6. The molecule has 1 heterocycles. The molecule has 1 aliphatic heterocycles. The molecule has 0 aromatic rings. The van der Waals surface area contributed by atoms with E-state index in [-0.39, 0.29) is 5.76 Å². The fraction of sp³-hybridized carbons (Fsp3) is 0.625. The lowest BCUT2D eigenvalue weighted by atomic mass is 9.96. The Hall–Kier alpha value is -0.990. The Kier molecular flexibility index (Phi) is 1.89. The van der Waals surface area contributed by atoms with Crippen molar-refractivity contribution in [3.05, 3.63) is 11.8 Å². The summed E-state index contributed by atoms with van der Waals surface area (Å²) in [6.07, 6.45) is 2.27. The maximum Gasteiger partial charge on any atom is 0.334 e. The van der Waals surface area contributed by atoms with E-state index in [0.29, 0.717) is 6.42 Å². The molecule has 0 aromatic heterocycles. The fourth-order valence-electron chi connectivity index (χ4n) is 1.08. The van der Waals surface area contributed by atoms with E-state index in [1.165, 1.54) is 0 Å². The largest absolute Gasteiger partial charge is 0.512 e. The molecule has 0 radical (unpaired) electrons. The van der Waals surface area contributed by atoms with Crippen LogP contribution >= 0.6 is 0 Å². The van der Waals surface area contributed by atoms with E-state index >= 15 is 0 Å². The summed E-state index contributed by atoms with van der Waals surface area (Å²) in [5.41, 5.74) is -0.504. The zero-order valence-electron chi connectivity index (χ0n) is 6.76. The predicted octanol–water partition coefficient (Wildman–Crippen LogP) is 1.54. The number of esters is 1. The topological polar surface area (TPSA) is 46.5 Å². The molecule has 0 amide bonds. The Morgan fingerprint density at radius 3 is 2.91 bits per heavy atom. The molecule has 1 atom stereocenters. The van der Waals surface area contributed by atoms with Gasteiger partial charge in [0.25, 0.3) is 0 Å². The van der Waals surface area contributed by atoms with Crippen molar-refractivity contribution in [1.29, 1.82) is 0 Å². The number of carbonyl (C=O) groups is 1. The highest BCUT2D eigenvalue weighted by Crippen LogP contribution is 2.27. The summed E-state index contributed by atoms with van der Waals surface area (Å²) in [4.78, 5) is 10.8. The van der Waals surface area contributed by atoms with Gasteiger partial charge in [0, 0.05) is 6.42 Å². The first-order valence-corrected chi connectivity index (χ1v) is 3.68. The van der Waals surface area contributed by atoms with Crippen LogP contribution in [-0.2, 0) is 9.53 Å². The second-order valence-electron chi connectivity index (χ2n) is 3.04. The van der Waals surface area contributed by atoms with Gasteiger partial charge < -0.3 is 9.84 Å². The van der Waals surface area contributed by atoms with Crippen molar-refractivity contribution < 1.29 is 14.6 Å². The maximum absolute atomic E-state index is 10.8. The van der Waals surface area contributed by atoms with E-state index < -0.39 is 11.6 Å². The summed E-state index contributed by atoms with van der Waals surface area (Å²) in [6, 6.07) is 0. The van der Waals surface area contributed by atoms with Crippen LogP contribution in [0, 0.1) is 0 Å². The van der Waals surface area contributed by atoms with Crippen LogP contribution in [0.5, 0.6) is 0 Å². The molecular formula is C8H12O3. The van der Waals surface area contributed by atoms with Crippen LogP contribution in [0.15, 0.2) is 11.8 Å². The van der Waals surface area contributed by atoms with Crippen LogP contribution < -0.4 is 0 Å². The van der Waals surface area contributed by atoms with E-state index in [9.17, 15) is 4.79 Å². The Morgan fingerprint density at radius 2 is 2.45 bits per heavy atom. The van der Waals surface area contributed by atoms with Crippen molar-refractivity contribution >= 4 is 5.97 Å². The monoisotopic (exact) mass is 156 g/mol. The third kappa shape index (κ3) is 1.73. The van der Waals surface area contributed by atoms with Gasteiger partial charge in [0.05, 0.1) is 6.08 Å². The average molecular weight is 156 g/mol. The van der Waals surface area contributed by atoms with Gasteiger partial charge in [-0.05, 0) is 13.3 Å². The molecule has 0 fully saturated rings. The number of aliphatic hydroxyl groups excluding tert-OH is 1. The van der Waals surface area contributed by atoms with E-state index in [4.69, 9.17) is 9.84 Å². The first-order chi connectivity index (χ1) is 5.06. The Labute approximate surface area is 65.7 Å². The summed E-state index contributed by atoms with van der Waals surface area (Å²) in [7, 11) is 0. The molecule has 0 bridgehead atoms. The fourth-order valence-corrected chi connectivity index (χ4v) is 1.08. The molecule has 0 saturated heterocycles. The third-order valence-electron chi connectivity index (χ3n) is 1.93. The lowest BCUT2D eigenvalue weighted by molar-refractivity contribution is -0.155. The minimum absolute atomic E-state index is 0.116. The molecule has 0 aromatic carbocycles. The van der Waals surface area contributed by atoms with Crippen LogP contribution in [0.4, 0.5) is 0 Å². The number of aliphatic hydroxyl groups is 1. The summed E-state index contributed by atoms with van der Waals surface area (Å²) < 4.78 is 5.02. The second kappa shape index (κ2) is 2.57. The number of hydrogen-bond acceptors (Lipinski definition) is 3. The number of rotatable bonds is 1. The number of ether oxygens (including phenoxy) is 1. The summed E-state index contributed by atoms with van der Waals surface area (Å²) in [5, 5.41) is 9.11. The van der Waals surface area contributed by atoms with Crippen LogP contribution in [0.1, 0.15) is 26.7 Å². The molecule has 11 heavy (non-hydrogen) atoms. The van der Waals surface area contributed by atoms with Crippen LogP contribution in [0.2, 0.25) is 0 Å². The molecule has 62 valence electrons. The molecule has 1 unspecified atom stereocenters. The summed E-state index contributed by atoms with van der Waals surface area (Å²) in [5.74, 6) is -0.330. The van der Waals surface area contributed by atoms with Gasteiger partial charge in [0.1, 0.15) is 11.4 Å². The van der Waals surface area contributed by atoms with Gasteiger partial charge in [0.15, 0.2) is 0 Å². The minimum Gasteiger partial charge on any atom is -0.512 e. The van der Waals surface area contributed by atoms with Crippen LogP contribution in [0.25, 0.3) is 0 Å². The molecule has 1 rings (SSSR count). The van der Waals surface area contributed by atoms with Crippen molar-refractivity contribution in [2.45, 2.75) is 32.3 Å². The van der Waals surface area contributed by atoms with E-state index in [2.05, 4.69) is 0 Å². The molecule has 3 nitrogen and oxygen atoms in total. The van der Waals surface area contributed by atoms with Crippen molar-refractivity contribution in [2.75, 3.05) is 0 Å². The zero-order valence-corrected chi connectivity index (χ0v) is 6.76. The highest BCUT2D eigenvalue weighted by molar-refractivity contribution is 5.83. The molecular weight excluding hydrogens is 144 g/mol. The molecule has 3 heteroatoms. The Morgan fingerprint density at radius 1 is 1.82 bits per heavy atom. The number of cyclic esters (lactones) is 1. The molecule has 0 spiro atoms. The smallest absolute Gasteiger partial charge is 0.334 e. The van der Waals surface area contributed by atoms with E-state index in [1.807, 2.05) is 13.8 Å². The van der Waals surface area contributed by atoms with Crippen LogP contribution in [0.3, 0.4) is 0 Å². The van der Waals surface area contributed by atoms with Gasteiger partial charge >= 0.3 is 5.97 Å². The molecule has 1 aliphatic rings. The molecule has 0 aliphatic carbocycles. The highest BCUT2D eigenvalue weighted by Gasteiger charge is 2.31. The quantitative estimate of drug-likeness (QED) is 0.586. The summed E-state index contributed by atoms with van der Waals surface area (Å²) >= 11 is 0. The normalized spacial score (nSPS) is 31.1. The van der Waals surface area contributed by atoms with Crippen molar-refractivity contribution in [3.8, 4) is 0 Å². The molecule has 1 N–H and O–H groups in total. The van der Waals surface area contributed by atoms with Crippen LogP contribution in [-0.4, -0.2) is 16.7 Å². The minimum atomic E-state index is -0.504. The zero-order chi connectivity index (χ0) is 8.48. The standard InChI is InChI=1S/C8H12O3/c1-3-8(2)5-6(9)4-7(10)11-8/h4,9H,3,5H2,1-2H3. The first-order valence-electron chi connectivity index (χ1n) is 3.68. The van der Waals surface area contributed by atoms with Gasteiger partial charge in [0.2, 0.25) is 0 Å². The first kappa shape index (κ1) is 8.11. The van der Waals surface area contributed by atoms with Gasteiger partial charge in [-0.2, -0.15) is 0 Å². The lowest BCUT2D eigenvalue weighted by Gasteiger charge is -2.30. The van der Waals surface area contributed by atoms with E-state index in [1.54, 1.807) is 0 Å². The summed E-state index contributed by atoms with van der Waals surface area (Å²) in [6.45, 7) is 3.74. The number of carbonyl (C=O) groups excluding carboxylic acids is 1. The van der Waals surface area contributed by atoms with Crippen molar-refractivity contribution in [1.82, 2.24) is 0 Å². The predicted molar refractivity (Wildman–Crippen MR) is 40.1 cm³/mol. The van der Waals surface area contributed by atoms with Gasteiger partial charge in [-0.1, -0.05) is 6.92 Å². The Balaban J connectivity index is 2.79. The van der Waals surface area contributed by atoms with Gasteiger partial charge in [-0.25, -0.2) is 4.79 Å².